The number of hydrogen-bond donors (Lipinski definition) is 1. The Bertz CT molecular complexity index is 1350. The van der Waals surface area contributed by atoms with Gasteiger partial charge in [-0.3, -0.25) is 4.79 Å². The third-order valence-electron chi connectivity index (χ3n) is 6.88. The SMILES string of the molecule is Cc1cccc(C2(c3cccc(C)c3)C[C@H]2C(=O)N/N=C\c2ccccc2OCc2ccccc2)c1. The molecule has 4 aromatic carbocycles. The number of para-hydroxylation sites is 1. The first-order chi connectivity index (χ1) is 17.6. The molecule has 1 N–H and O–H groups in total. The second-order valence-corrected chi connectivity index (χ2v) is 9.51. The highest BCUT2D eigenvalue weighted by Gasteiger charge is 2.60. The van der Waals surface area contributed by atoms with Crippen LogP contribution in [0.2, 0.25) is 0 Å². The number of ether oxygens (including phenoxy) is 1. The van der Waals surface area contributed by atoms with Crippen LogP contribution in [0.4, 0.5) is 0 Å². The van der Waals surface area contributed by atoms with Gasteiger partial charge in [-0.2, -0.15) is 5.10 Å². The summed E-state index contributed by atoms with van der Waals surface area (Å²) in [5.41, 5.74) is 9.11. The number of carbonyl (C=O) groups excluding carboxylic acids is 1. The molecule has 1 aliphatic rings. The monoisotopic (exact) mass is 474 g/mol. The summed E-state index contributed by atoms with van der Waals surface area (Å²) in [6, 6.07) is 34.7. The lowest BCUT2D eigenvalue weighted by molar-refractivity contribution is -0.122. The summed E-state index contributed by atoms with van der Waals surface area (Å²) in [6.45, 7) is 4.65. The zero-order valence-corrected chi connectivity index (χ0v) is 20.6. The van der Waals surface area contributed by atoms with Crippen molar-refractivity contribution < 1.29 is 9.53 Å². The summed E-state index contributed by atoms with van der Waals surface area (Å²) >= 11 is 0. The highest BCUT2D eigenvalue weighted by atomic mass is 16.5. The standard InChI is InChI=1S/C32H30N2O2/c1-23-10-8-15-27(18-23)32(28-16-9-11-24(2)19-28)20-29(32)31(35)34-33-21-26-14-6-7-17-30(26)36-22-25-12-4-3-5-13-25/h3-19,21,29H,20,22H2,1-2H3,(H,34,35)/b33-21-/t29-/m0/s1. The maximum Gasteiger partial charge on any atom is 0.244 e. The van der Waals surface area contributed by atoms with E-state index in [0.717, 1.165) is 23.3 Å². The summed E-state index contributed by atoms with van der Waals surface area (Å²) in [5, 5.41) is 4.30. The number of benzene rings is 4. The molecule has 4 nitrogen and oxygen atoms in total. The van der Waals surface area contributed by atoms with Crippen LogP contribution in [0.5, 0.6) is 5.75 Å². The van der Waals surface area contributed by atoms with Crippen molar-refractivity contribution in [3.8, 4) is 5.75 Å². The molecule has 1 aliphatic carbocycles. The molecule has 0 spiro atoms. The van der Waals surface area contributed by atoms with Gasteiger partial charge >= 0.3 is 0 Å². The molecule has 4 heteroatoms. The van der Waals surface area contributed by atoms with Gasteiger partial charge in [0.1, 0.15) is 12.4 Å². The van der Waals surface area contributed by atoms with E-state index in [2.05, 4.69) is 72.9 Å². The Morgan fingerprint density at radius 2 is 1.53 bits per heavy atom. The maximum atomic E-state index is 13.3. The minimum atomic E-state index is -0.325. The third-order valence-corrected chi connectivity index (χ3v) is 6.88. The summed E-state index contributed by atoms with van der Waals surface area (Å²) in [5.74, 6) is 0.472. The molecule has 0 aromatic heterocycles. The smallest absolute Gasteiger partial charge is 0.244 e. The van der Waals surface area contributed by atoms with Gasteiger partial charge in [-0.05, 0) is 49.1 Å². The van der Waals surface area contributed by atoms with Crippen LogP contribution in [-0.4, -0.2) is 12.1 Å². The molecule has 180 valence electrons. The van der Waals surface area contributed by atoms with E-state index < -0.39 is 0 Å². The Morgan fingerprint density at radius 1 is 0.889 bits per heavy atom. The van der Waals surface area contributed by atoms with E-state index in [1.165, 1.54) is 22.3 Å². The van der Waals surface area contributed by atoms with E-state index in [1.807, 2.05) is 54.6 Å². The van der Waals surface area contributed by atoms with Gasteiger partial charge in [-0.25, -0.2) is 5.43 Å². The molecule has 0 radical (unpaired) electrons. The fourth-order valence-electron chi connectivity index (χ4n) is 4.93. The van der Waals surface area contributed by atoms with E-state index in [4.69, 9.17) is 4.74 Å². The highest BCUT2D eigenvalue weighted by molar-refractivity contribution is 5.88. The molecule has 4 aromatic rings. The number of nitrogens with one attached hydrogen (secondary N) is 1. The van der Waals surface area contributed by atoms with Gasteiger partial charge in [0, 0.05) is 11.0 Å². The van der Waals surface area contributed by atoms with Crippen LogP contribution in [0.3, 0.4) is 0 Å². The fourth-order valence-corrected chi connectivity index (χ4v) is 4.93. The van der Waals surface area contributed by atoms with Gasteiger partial charge in [0.25, 0.3) is 0 Å². The third kappa shape index (κ3) is 4.94. The van der Waals surface area contributed by atoms with Crippen LogP contribution >= 0.6 is 0 Å². The van der Waals surface area contributed by atoms with Crippen LogP contribution in [0.25, 0.3) is 0 Å². The number of carbonyl (C=O) groups is 1. The number of hydrogen-bond acceptors (Lipinski definition) is 3. The molecule has 1 fully saturated rings. The van der Waals surface area contributed by atoms with Crippen molar-refractivity contribution >= 4 is 12.1 Å². The predicted octanol–water partition coefficient (Wildman–Crippen LogP) is 6.34. The van der Waals surface area contributed by atoms with Crippen molar-refractivity contribution in [2.75, 3.05) is 0 Å². The number of aryl methyl sites for hydroxylation is 2. The van der Waals surface area contributed by atoms with Gasteiger partial charge < -0.3 is 4.74 Å². The van der Waals surface area contributed by atoms with Gasteiger partial charge in [0.2, 0.25) is 5.91 Å². The average molecular weight is 475 g/mol. The summed E-state index contributed by atoms with van der Waals surface area (Å²) < 4.78 is 6.01. The lowest BCUT2D eigenvalue weighted by Crippen LogP contribution is -2.25. The van der Waals surface area contributed by atoms with Crippen molar-refractivity contribution in [3.05, 3.63) is 137 Å². The van der Waals surface area contributed by atoms with Crippen molar-refractivity contribution in [1.29, 1.82) is 0 Å². The van der Waals surface area contributed by atoms with Crippen molar-refractivity contribution in [2.24, 2.45) is 11.0 Å². The first kappa shape index (κ1) is 23.6. The lowest BCUT2D eigenvalue weighted by atomic mass is 9.84. The second kappa shape index (κ2) is 10.2. The molecular weight excluding hydrogens is 444 g/mol. The minimum Gasteiger partial charge on any atom is -0.488 e. The zero-order chi connectivity index (χ0) is 25.0. The topological polar surface area (TPSA) is 50.7 Å². The summed E-state index contributed by atoms with van der Waals surface area (Å²) in [7, 11) is 0. The Kier molecular flexibility index (Phi) is 6.68. The van der Waals surface area contributed by atoms with Crippen LogP contribution in [-0.2, 0) is 16.8 Å². The van der Waals surface area contributed by atoms with Crippen LogP contribution in [0.1, 0.15) is 39.8 Å². The van der Waals surface area contributed by atoms with Crippen molar-refractivity contribution in [1.82, 2.24) is 5.43 Å². The maximum absolute atomic E-state index is 13.3. The molecule has 0 saturated heterocycles. The van der Waals surface area contributed by atoms with Crippen LogP contribution in [0, 0.1) is 19.8 Å². The van der Waals surface area contributed by atoms with Gasteiger partial charge in [0.05, 0.1) is 12.1 Å². The number of rotatable bonds is 8. The number of hydrazone groups is 1. The Balaban J connectivity index is 1.31. The number of nitrogens with zero attached hydrogens (tertiary/aromatic N) is 1. The molecule has 0 bridgehead atoms. The van der Waals surface area contributed by atoms with Gasteiger partial charge in [-0.15, -0.1) is 0 Å². The van der Waals surface area contributed by atoms with Crippen molar-refractivity contribution in [3.63, 3.8) is 0 Å². The van der Waals surface area contributed by atoms with Crippen LogP contribution < -0.4 is 10.2 Å². The fraction of sp³-hybridized carbons (Fsp3) is 0.188. The predicted molar refractivity (Wildman–Crippen MR) is 144 cm³/mol. The Morgan fingerprint density at radius 3 is 2.19 bits per heavy atom. The second-order valence-electron chi connectivity index (χ2n) is 9.51. The van der Waals surface area contributed by atoms with Crippen LogP contribution in [0.15, 0.2) is 108 Å². The molecule has 0 unspecified atom stereocenters. The van der Waals surface area contributed by atoms with E-state index in [9.17, 15) is 4.79 Å². The van der Waals surface area contributed by atoms with E-state index in [1.54, 1.807) is 6.21 Å². The molecule has 5 rings (SSSR count). The molecule has 1 saturated carbocycles. The summed E-state index contributed by atoms with van der Waals surface area (Å²) in [6.07, 6.45) is 2.42. The van der Waals surface area contributed by atoms with Gasteiger partial charge in [-0.1, -0.05) is 102 Å². The summed E-state index contributed by atoms with van der Waals surface area (Å²) in [4.78, 5) is 13.3. The quantitative estimate of drug-likeness (QED) is 0.239. The molecular formula is C32H30N2O2. The minimum absolute atomic E-state index is 0.0723. The first-order valence-electron chi connectivity index (χ1n) is 12.3. The molecule has 0 aliphatic heterocycles. The molecule has 1 atom stereocenters. The Labute approximate surface area is 212 Å². The number of amides is 1. The largest absolute Gasteiger partial charge is 0.488 e. The van der Waals surface area contributed by atoms with E-state index >= 15 is 0 Å². The van der Waals surface area contributed by atoms with E-state index in [0.29, 0.717) is 6.61 Å². The highest BCUT2D eigenvalue weighted by Crippen LogP contribution is 2.59. The Hall–Kier alpha value is -4.18. The zero-order valence-electron chi connectivity index (χ0n) is 20.6. The normalized spacial score (nSPS) is 16.0. The van der Waals surface area contributed by atoms with Gasteiger partial charge in [0.15, 0.2) is 0 Å². The average Bonchev–Trinajstić information content (AvgIpc) is 3.66. The molecule has 1 amide bonds. The molecule has 36 heavy (non-hydrogen) atoms. The first-order valence-corrected chi connectivity index (χ1v) is 12.3. The van der Waals surface area contributed by atoms with E-state index in [-0.39, 0.29) is 17.2 Å². The lowest BCUT2D eigenvalue weighted by Gasteiger charge is -2.20. The molecule has 0 heterocycles. The van der Waals surface area contributed by atoms with Crippen molar-refractivity contribution in [2.45, 2.75) is 32.3 Å².